The van der Waals surface area contributed by atoms with Gasteiger partial charge in [0.15, 0.2) is 5.96 Å². The van der Waals surface area contributed by atoms with Crippen LogP contribution in [0.25, 0.3) is 0 Å². The first-order chi connectivity index (χ1) is 9.60. The summed E-state index contributed by atoms with van der Waals surface area (Å²) in [4.78, 5) is 17.7. The predicted molar refractivity (Wildman–Crippen MR) is 77.2 cm³/mol. The van der Waals surface area contributed by atoms with Crippen LogP contribution in [-0.2, 0) is 11.3 Å². The second kappa shape index (κ2) is 6.38. The smallest absolute Gasteiger partial charge is 0.266 e. The molecule has 6 nitrogen and oxygen atoms in total. The molecule has 0 spiro atoms. The number of carbonyl (C=O) groups excluding carboxylic acids is 1. The fraction of sp³-hybridized carbons (Fsp3) is 0.429. The predicted octanol–water partition coefficient (Wildman–Crippen LogP) is 0.460. The highest BCUT2D eigenvalue weighted by Gasteiger charge is 2.30. The molecule has 0 bridgehead atoms. The topological polar surface area (TPSA) is 93.9 Å². The molecule has 2 rings (SSSR count). The molecule has 0 aliphatic carbocycles. The van der Waals surface area contributed by atoms with Gasteiger partial charge in [0.25, 0.3) is 5.91 Å². The summed E-state index contributed by atoms with van der Waals surface area (Å²) in [7, 11) is 1.64. The minimum Gasteiger partial charge on any atom is -0.497 e. The molecule has 1 fully saturated rings. The third-order valence-electron chi connectivity index (χ3n) is 3.43. The normalized spacial score (nSPS) is 18.8. The molecule has 0 saturated carbocycles. The number of hydrogen-bond donors (Lipinski definition) is 2. The van der Waals surface area contributed by atoms with Crippen molar-refractivity contribution in [3.63, 3.8) is 0 Å². The van der Waals surface area contributed by atoms with Crippen molar-refractivity contribution in [2.45, 2.75) is 25.4 Å². The van der Waals surface area contributed by atoms with Gasteiger partial charge in [-0.2, -0.15) is 4.99 Å². The second-order valence-corrected chi connectivity index (χ2v) is 4.85. The fourth-order valence-electron chi connectivity index (χ4n) is 2.46. The van der Waals surface area contributed by atoms with Gasteiger partial charge in [-0.05, 0) is 37.1 Å². The van der Waals surface area contributed by atoms with Crippen molar-refractivity contribution in [3.05, 3.63) is 29.8 Å². The zero-order chi connectivity index (χ0) is 14.5. The van der Waals surface area contributed by atoms with Crippen molar-refractivity contribution in [1.29, 1.82) is 0 Å². The zero-order valence-electron chi connectivity index (χ0n) is 11.6. The highest BCUT2D eigenvalue weighted by molar-refractivity contribution is 5.94. The quantitative estimate of drug-likeness (QED) is 0.615. The summed E-state index contributed by atoms with van der Waals surface area (Å²) >= 11 is 0. The van der Waals surface area contributed by atoms with Gasteiger partial charge < -0.3 is 16.2 Å². The molecule has 1 aromatic carbocycles. The average molecular weight is 276 g/mol. The lowest BCUT2D eigenvalue weighted by atomic mass is 10.1. The molecule has 1 aromatic rings. The summed E-state index contributed by atoms with van der Waals surface area (Å²) in [5.74, 6) is 0.394. The lowest BCUT2D eigenvalue weighted by Gasteiger charge is -2.21. The van der Waals surface area contributed by atoms with E-state index in [2.05, 4.69) is 9.89 Å². The fourth-order valence-corrected chi connectivity index (χ4v) is 2.46. The van der Waals surface area contributed by atoms with Gasteiger partial charge in [0.2, 0.25) is 0 Å². The highest BCUT2D eigenvalue weighted by atomic mass is 16.5. The minimum absolute atomic E-state index is 0.175. The Bertz CT molecular complexity index is 494. The van der Waals surface area contributed by atoms with Gasteiger partial charge in [0, 0.05) is 6.54 Å². The van der Waals surface area contributed by atoms with E-state index in [1.807, 2.05) is 24.3 Å². The molecule has 0 aromatic heterocycles. The Morgan fingerprint density at radius 3 is 2.70 bits per heavy atom. The Labute approximate surface area is 118 Å². The summed E-state index contributed by atoms with van der Waals surface area (Å²) in [5.41, 5.74) is 11.7. The average Bonchev–Trinajstić information content (AvgIpc) is 2.87. The number of methoxy groups -OCH3 is 1. The lowest BCUT2D eigenvalue weighted by molar-refractivity contribution is -0.122. The van der Waals surface area contributed by atoms with Crippen molar-refractivity contribution in [3.8, 4) is 5.75 Å². The van der Waals surface area contributed by atoms with E-state index < -0.39 is 0 Å². The van der Waals surface area contributed by atoms with Crippen LogP contribution in [0.5, 0.6) is 5.75 Å². The first-order valence-electron chi connectivity index (χ1n) is 6.60. The maximum Gasteiger partial charge on any atom is 0.266 e. The molecule has 1 unspecified atom stereocenters. The van der Waals surface area contributed by atoms with E-state index in [-0.39, 0.29) is 17.9 Å². The van der Waals surface area contributed by atoms with Gasteiger partial charge in [-0.3, -0.25) is 9.69 Å². The number of guanidine groups is 1. The number of aliphatic imine (C=N–C) groups is 1. The first kappa shape index (κ1) is 14.3. The monoisotopic (exact) mass is 276 g/mol. The van der Waals surface area contributed by atoms with E-state index in [0.717, 1.165) is 30.7 Å². The van der Waals surface area contributed by atoms with Gasteiger partial charge in [-0.25, -0.2) is 0 Å². The Morgan fingerprint density at radius 1 is 1.40 bits per heavy atom. The van der Waals surface area contributed by atoms with Crippen LogP contribution in [-0.4, -0.2) is 36.5 Å². The van der Waals surface area contributed by atoms with Crippen LogP contribution in [0.15, 0.2) is 29.3 Å². The summed E-state index contributed by atoms with van der Waals surface area (Å²) in [6, 6.07) is 7.61. The lowest BCUT2D eigenvalue weighted by Crippen LogP contribution is -2.36. The van der Waals surface area contributed by atoms with Crippen LogP contribution >= 0.6 is 0 Å². The Balaban J connectivity index is 2.03. The van der Waals surface area contributed by atoms with Gasteiger partial charge in [-0.1, -0.05) is 12.1 Å². The van der Waals surface area contributed by atoms with Crippen LogP contribution in [0.3, 0.4) is 0 Å². The number of rotatable bonds is 4. The highest BCUT2D eigenvalue weighted by Crippen LogP contribution is 2.22. The number of hydrogen-bond acceptors (Lipinski definition) is 3. The summed E-state index contributed by atoms with van der Waals surface area (Å²) < 4.78 is 5.13. The Morgan fingerprint density at radius 2 is 2.10 bits per heavy atom. The molecule has 20 heavy (non-hydrogen) atoms. The van der Waals surface area contributed by atoms with Gasteiger partial charge in [0.05, 0.1) is 13.2 Å². The number of nitrogens with two attached hydrogens (primary N) is 2. The van der Waals surface area contributed by atoms with E-state index in [4.69, 9.17) is 16.2 Å². The number of carbonyl (C=O) groups is 1. The molecule has 1 aliphatic rings. The summed E-state index contributed by atoms with van der Waals surface area (Å²) in [6.45, 7) is 1.59. The molecule has 1 amide bonds. The number of nitrogens with zero attached hydrogens (tertiary/aromatic N) is 2. The largest absolute Gasteiger partial charge is 0.497 e. The molecular weight excluding hydrogens is 256 g/mol. The van der Waals surface area contributed by atoms with Crippen LogP contribution < -0.4 is 16.2 Å². The molecule has 6 heteroatoms. The zero-order valence-corrected chi connectivity index (χ0v) is 11.6. The molecule has 4 N–H and O–H groups in total. The molecule has 1 atom stereocenters. The Hall–Kier alpha value is -2.08. The number of ether oxygens (including phenoxy) is 1. The van der Waals surface area contributed by atoms with Crippen LogP contribution in [0.2, 0.25) is 0 Å². The number of likely N-dealkylation sites (tertiary alicyclic amines) is 1. The van der Waals surface area contributed by atoms with Crippen LogP contribution in [0.4, 0.5) is 0 Å². The third-order valence-corrected chi connectivity index (χ3v) is 3.43. The summed E-state index contributed by atoms with van der Waals surface area (Å²) in [5, 5.41) is 0. The molecule has 1 saturated heterocycles. The molecule has 0 radical (unpaired) electrons. The third kappa shape index (κ3) is 3.48. The van der Waals surface area contributed by atoms with Crippen LogP contribution in [0, 0.1) is 0 Å². The standard InChI is InChI=1S/C14H20N4O2/c1-20-11-6-4-10(5-7-11)9-18-8-2-3-12(18)13(19)17-14(15)16/h4-7,12H,2-3,8-9H2,1H3,(H4,15,16,17,19). The molecule has 108 valence electrons. The van der Waals surface area contributed by atoms with Gasteiger partial charge in [0.1, 0.15) is 5.75 Å². The van der Waals surface area contributed by atoms with E-state index in [1.165, 1.54) is 0 Å². The maximum absolute atomic E-state index is 11.9. The van der Waals surface area contributed by atoms with E-state index in [1.54, 1.807) is 7.11 Å². The number of amides is 1. The van der Waals surface area contributed by atoms with Crippen LogP contribution in [0.1, 0.15) is 18.4 Å². The second-order valence-electron chi connectivity index (χ2n) is 4.85. The van der Waals surface area contributed by atoms with Crippen molar-refractivity contribution < 1.29 is 9.53 Å². The maximum atomic E-state index is 11.9. The molecule has 1 aliphatic heterocycles. The van der Waals surface area contributed by atoms with Gasteiger partial charge >= 0.3 is 0 Å². The van der Waals surface area contributed by atoms with Crippen molar-refractivity contribution in [2.75, 3.05) is 13.7 Å². The van der Waals surface area contributed by atoms with E-state index in [0.29, 0.717) is 6.54 Å². The number of benzene rings is 1. The molecule has 1 heterocycles. The van der Waals surface area contributed by atoms with Crippen molar-refractivity contribution in [1.82, 2.24) is 4.90 Å². The van der Waals surface area contributed by atoms with Crippen molar-refractivity contribution >= 4 is 11.9 Å². The SMILES string of the molecule is COc1ccc(CN2CCCC2C(=O)N=C(N)N)cc1. The minimum atomic E-state index is -0.254. The van der Waals surface area contributed by atoms with E-state index >= 15 is 0 Å². The first-order valence-corrected chi connectivity index (χ1v) is 6.60. The Kier molecular flexibility index (Phi) is 4.57. The summed E-state index contributed by atoms with van der Waals surface area (Å²) in [6.07, 6.45) is 1.78. The van der Waals surface area contributed by atoms with Crippen molar-refractivity contribution in [2.24, 2.45) is 16.5 Å². The van der Waals surface area contributed by atoms with Gasteiger partial charge in [-0.15, -0.1) is 0 Å². The van der Waals surface area contributed by atoms with E-state index in [9.17, 15) is 4.79 Å². The molecular formula is C14H20N4O2.